The van der Waals surface area contributed by atoms with Crippen LogP contribution in [0.3, 0.4) is 0 Å². The van der Waals surface area contributed by atoms with Gasteiger partial charge < -0.3 is 10.1 Å². The van der Waals surface area contributed by atoms with Crippen LogP contribution in [0.1, 0.15) is 44.9 Å². The van der Waals surface area contributed by atoms with Crippen molar-refractivity contribution in [3.05, 3.63) is 65.7 Å². The molecule has 1 N–H and O–H groups in total. The maximum Gasteiger partial charge on any atom is 0.244 e. The Balaban J connectivity index is 2.06. The van der Waals surface area contributed by atoms with Gasteiger partial charge in [0.2, 0.25) is 15.9 Å². The number of carbonyl (C=O) groups is 1. The molecular formula is C23H30N2O4S. The van der Waals surface area contributed by atoms with E-state index < -0.39 is 10.0 Å². The van der Waals surface area contributed by atoms with E-state index in [4.69, 9.17) is 4.74 Å². The lowest BCUT2D eigenvalue weighted by molar-refractivity contribution is -0.117. The van der Waals surface area contributed by atoms with Gasteiger partial charge in [0, 0.05) is 24.7 Å². The number of hydrogen-bond donors (Lipinski definition) is 1. The third-order valence-corrected chi connectivity index (χ3v) is 6.78. The number of benzene rings is 2. The van der Waals surface area contributed by atoms with E-state index in [0.717, 1.165) is 16.9 Å². The van der Waals surface area contributed by atoms with Gasteiger partial charge in [-0.1, -0.05) is 44.2 Å². The lowest BCUT2D eigenvalue weighted by Gasteiger charge is -2.19. The van der Waals surface area contributed by atoms with Crippen molar-refractivity contribution < 1.29 is 17.9 Å². The molecule has 30 heavy (non-hydrogen) atoms. The Kier molecular flexibility index (Phi) is 8.62. The highest BCUT2D eigenvalue weighted by atomic mass is 32.2. The SMILES string of the molecule is CCOc1ccccc1/C=C/C(=O)NC(C)c1ccc(S(=O)(=O)N(CC)CC)cc1. The summed E-state index contributed by atoms with van der Waals surface area (Å²) in [4.78, 5) is 12.6. The first-order valence-electron chi connectivity index (χ1n) is 10.1. The lowest BCUT2D eigenvalue weighted by Crippen LogP contribution is -2.30. The fraction of sp³-hybridized carbons (Fsp3) is 0.348. The molecule has 2 aromatic rings. The van der Waals surface area contributed by atoms with Crippen molar-refractivity contribution in [1.29, 1.82) is 0 Å². The van der Waals surface area contributed by atoms with Gasteiger partial charge >= 0.3 is 0 Å². The summed E-state index contributed by atoms with van der Waals surface area (Å²) in [5.41, 5.74) is 1.65. The van der Waals surface area contributed by atoms with Gasteiger partial charge in [-0.05, 0) is 43.7 Å². The van der Waals surface area contributed by atoms with Crippen molar-refractivity contribution >= 4 is 22.0 Å². The van der Waals surface area contributed by atoms with Crippen molar-refractivity contribution in [3.63, 3.8) is 0 Å². The van der Waals surface area contributed by atoms with Crippen LogP contribution in [-0.2, 0) is 14.8 Å². The Morgan fingerprint density at radius 2 is 1.70 bits per heavy atom. The molecule has 0 aliphatic rings. The summed E-state index contributed by atoms with van der Waals surface area (Å²) in [5, 5.41) is 2.89. The molecule has 2 aromatic carbocycles. The minimum absolute atomic E-state index is 0.242. The maximum absolute atomic E-state index is 12.6. The molecule has 0 heterocycles. The molecule has 7 heteroatoms. The van der Waals surface area contributed by atoms with E-state index >= 15 is 0 Å². The summed E-state index contributed by atoms with van der Waals surface area (Å²) in [6, 6.07) is 13.9. The number of para-hydroxylation sites is 1. The summed E-state index contributed by atoms with van der Waals surface area (Å²) in [7, 11) is -3.49. The van der Waals surface area contributed by atoms with E-state index in [-0.39, 0.29) is 16.8 Å². The predicted molar refractivity (Wildman–Crippen MR) is 120 cm³/mol. The summed E-state index contributed by atoms with van der Waals surface area (Å²) < 4.78 is 32.1. The normalized spacial score (nSPS) is 12.8. The summed E-state index contributed by atoms with van der Waals surface area (Å²) >= 11 is 0. The van der Waals surface area contributed by atoms with E-state index in [1.807, 2.05) is 52.0 Å². The number of rotatable bonds is 10. The van der Waals surface area contributed by atoms with Gasteiger partial charge in [0.15, 0.2) is 0 Å². The zero-order valence-electron chi connectivity index (χ0n) is 18.0. The summed E-state index contributed by atoms with van der Waals surface area (Å²) in [6.07, 6.45) is 3.18. The molecule has 0 radical (unpaired) electrons. The molecule has 0 aromatic heterocycles. The van der Waals surface area contributed by atoms with Crippen LogP contribution in [0.5, 0.6) is 5.75 Å². The molecule has 1 amide bonds. The van der Waals surface area contributed by atoms with Gasteiger partial charge in [-0.2, -0.15) is 4.31 Å². The van der Waals surface area contributed by atoms with E-state index in [9.17, 15) is 13.2 Å². The molecule has 6 nitrogen and oxygen atoms in total. The highest BCUT2D eigenvalue weighted by Crippen LogP contribution is 2.21. The first-order valence-corrected chi connectivity index (χ1v) is 11.6. The van der Waals surface area contributed by atoms with Crippen LogP contribution >= 0.6 is 0 Å². The third kappa shape index (κ3) is 5.93. The number of ether oxygens (including phenoxy) is 1. The molecule has 0 spiro atoms. The van der Waals surface area contributed by atoms with Crippen LogP contribution < -0.4 is 10.1 Å². The van der Waals surface area contributed by atoms with Gasteiger partial charge in [-0.25, -0.2) is 8.42 Å². The molecule has 0 saturated heterocycles. The first kappa shape index (κ1) is 23.6. The minimum Gasteiger partial charge on any atom is -0.493 e. The first-order chi connectivity index (χ1) is 14.3. The zero-order valence-corrected chi connectivity index (χ0v) is 18.8. The average Bonchev–Trinajstić information content (AvgIpc) is 2.74. The van der Waals surface area contributed by atoms with Crippen molar-refractivity contribution in [2.24, 2.45) is 0 Å². The van der Waals surface area contributed by atoms with E-state index in [1.54, 1.807) is 30.3 Å². The molecule has 0 fully saturated rings. The van der Waals surface area contributed by atoms with Gasteiger partial charge in [0.1, 0.15) is 5.75 Å². The van der Waals surface area contributed by atoms with E-state index in [0.29, 0.717) is 19.7 Å². The summed E-state index contributed by atoms with van der Waals surface area (Å²) in [5.74, 6) is 0.482. The van der Waals surface area contributed by atoms with Crippen LogP contribution in [0.2, 0.25) is 0 Å². The maximum atomic E-state index is 12.6. The number of sulfonamides is 1. The molecule has 2 rings (SSSR count). The minimum atomic E-state index is -3.49. The van der Waals surface area contributed by atoms with E-state index in [2.05, 4.69) is 5.32 Å². The Hall–Kier alpha value is -2.64. The van der Waals surface area contributed by atoms with Crippen LogP contribution in [-0.4, -0.2) is 38.3 Å². The van der Waals surface area contributed by atoms with Crippen molar-refractivity contribution in [3.8, 4) is 5.75 Å². The van der Waals surface area contributed by atoms with Gasteiger partial charge in [0.05, 0.1) is 17.5 Å². The zero-order chi connectivity index (χ0) is 22.1. The second kappa shape index (κ2) is 10.9. The van der Waals surface area contributed by atoms with Gasteiger partial charge in [0.25, 0.3) is 0 Å². The number of hydrogen-bond acceptors (Lipinski definition) is 4. The average molecular weight is 431 g/mol. The van der Waals surface area contributed by atoms with Crippen molar-refractivity contribution in [2.45, 2.75) is 38.6 Å². The lowest BCUT2D eigenvalue weighted by atomic mass is 10.1. The second-order valence-corrected chi connectivity index (χ2v) is 8.63. The van der Waals surface area contributed by atoms with Crippen LogP contribution in [0, 0.1) is 0 Å². The van der Waals surface area contributed by atoms with Crippen molar-refractivity contribution in [1.82, 2.24) is 9.62 Å². The molecule has 0 aliphatic heterocycles. The quantitative estimate of drug-likeness (QED) is 0.578. The summed E-state index contributed by atoms with van der Waals surface area (Å²) in [6.45, 7) is 8.79. The van der Waals surface area contributed by atoms with Crippen LogP contribution in [0.25, 0.3) is 6.08 Å². The third-order valence-electron chi connectivity index (χ3n) is 4.72. The number of carbonyl (C=O) groups excluding carboxylic acids is 1. The molecule has 0 aliphatic carbocycles. The van der Waals surface area contributed by atoms with E-state index in [1.165, 1.54) is 10.4 Å². The number of nitrogens with zero attached hydrogens (tertiary/aromatic N) is 1. The molecule has 1 unspecified atom stereocenters. The Labute approximate surface area is 179 Å². The van der Waals surface area contributed by atoms with Crippen LogP contribution in [0.15, 0.2) is 59.5 Å². The Bertz CT molecular complexity index is 965. The molecular weight excluding hydrogens is 400 g/mol. The second-order valence-electron chi connectivity index (χ2n) is 6.69. The fourth-order valence-corrected chi connectivity index (χ4v) is 4.51. The fourth-order valence-electron chi connectivity index (χ4n) is 3.06. The Morgan fingerprint density at radius 1 is 1.07 bits per heavy atom. The topological polar surface area (TPSA) is 75.7 Å². The molecule has 0 saturated carbocycles. The van der Waals surface area contributed by atoms with Crippen molar-refractivity contribution in [2.75, 3.05) is 19.7 Å². The smallest absolute Gasteiger partial charge is 0.244 e. The molecule has 162 valence electrons. The number of amides is 1. The monoisotopic (exact) mass is 430 g/mol. The molecule has 1 atom stereocenters. The largest absolute Gasteiger partial charge is 0.493 e. The highest BCUT2D eigenvalue weighted by molar-refractivity contribution is 7.89. The molecule has 0 bridgehead atoms. The predicted octanol–water partition coefficient (Wildman–Crippen LogP) is 4.01. The highest BCUT2D eigenvalue weighted by Gasteiger charge is 2.21. The van der Waals surface area contributed by atoms with Crippen LogP contribution in [0.4, 0.5) is 0 Å². The number of nitrogens with one attached hydrogen (secondary N) is 1. The van der Waals surface area contributed by atoms with Gasteiger partial charge in [-0.3, -0.25) is 4.79 Å². The Morgan fingerprint density at radius 3 is 2.30 bits per heavy atom. The van der Waals surface area contributed by atoms with Gasteiger partial charge in [-0.15, -0.1) is 0 Å². The standard InChI is InChI=1S/C23H30N2O4S/c1-5-25(6-2)30(27,28)21-15-12-19(13-16-21)18(4)24-23(26)17-14-20-10-8-9-11-22(20)29-7-3/h8-18H,5-7H2,1-4H3,(H,24,26)/b17-14+.